The van der Waals surface area contributed by atoms with E-state index in [-0.39, 0.29) is 11.6 Å². The summed E-state index contributed by atoms with van der Waals surface area (Å²) < 4.78 is 0. The van der Waals surface area contributed by atoms with E-state index in [2.05, 4.69) is 10.6 Å². The molecule has 3 N–H and O–H groups in total. The van der Waals surface area contributed by atoms with Crippen molar-refractivity contribution in [3.8, 4) is 0 Å². The molecule has 0 saturated heterocycles. The van der Waals surface area contributed by atoms with Crippen LogP contribution in [0.3, 0.4) is 0 Å². The fourth-order valence-electron chi connectivity index (χ4n) is 2.59. The minimum atomic E-state index is -1.15. The molecule has 0 aliphatic heterocycles. The molecule has 0 aromatic heterocycles. The van der Waals surface area contributed by atoms with Crippen LogP contribution in [0.15, 0.2) is 0 Å². The summed E-state index contributed by atoms with van der Waals surface area (Å²) in [5, 5.41) is 14.8. The summed E-state index contributed by atoms with van der Waals surface area (Å²) >= 11 is 0. The highest BCUT2D eigenvalue weighted by Crippen LogP contribution is 2.28. The number of hydrogen-bond donors (Lipinski definition) is 3. The zero-order chi connectivity index (χ0) is 13.8. The van der Waals surface area contributed by atoms with Gasteiger partial charge in [-0.2, -0.15) is 0 Å². The quantitative estimate of drug-likeness (QED) is 0.706. The molecule has 0 aromatic rings. The number of aliphatic carboxylic acids is 1. The van der Waals surface area contributed by atoms with Crippen LogP contribution in [-0.4, -0.2) is 28.2 Å². The number of carboxylic acid groups (broad SMARTS) is 1. The van der Waals surface area contributed by atoms with E-state index >= 15 is 0 Å². The van der Waals surface area contributed by atoms with Crippen molar-refractivity contribution in [2.45, 2.75) is 70.4 Å². The van der Waals surface area contributed by atoms with Crippen LogP contribution < -0.4 is 10.6 Å². The Hall–Kier alpha value is -1.26. The number of carbonyl (C=O) groups excluding carboxylic acids is 1. The van der Waals surface area contributed by atoms with Gasteiger partial charge in [-0.15, -0.1) is 0 Å². The van der Waals surface area contributed by atoms with Crippen LogP contribution in [0.25, 0.3) is 0 Å². The Bertz CT molecular complexity index is 318. The van der Waals surface area contributed by atoms with Crippen LogP contribution in [0.5, 0.6) is 0 Å². The van der Waals surface area contributed by atoms with Crippen LogP contribution in [0.4, 0.5) is 4.79 Å². The van der Waals surface area contributed by atoms with Gasteiger partial charge in [-0.3, -0.25) is 0 Å². The van der Waals surface area contributed by atoms with Crippen molar-refractivity contribution in [3.05, 3.63) is 0 Å². The number of nitrogens with one attached hydrogen (secondary N) is 2. The van der Waals surface area contributed by atoms with Crippen LogP contribution in [-0.2, 0) is 4.79 Å². The van der Waals surface area contributed by atoms with Gasteiger partial charge < -0.3 is 15.7 Å². The first kappa shape index (κ1) is 14.8. The van der Waals surface area contributed by atoms with Gasteiger partial charge in [-0.25, -0.2) is 9.59 Å². The van der Waals surface area contributed by atoms with Crippen LogP contribution in [0, 0.1) is 0 Å². The van der Waals surface area contributed by atoms with Gasteiger partial charge >= 0.3 is 12.0 Å². The summed E-state index contributed by atoms with van der Waals surface area (Å²) in [6.45, 7) is 5.56. The Morgan fingerprint density at radius 2 is 1.72 bits per heavy atom. The van der Waals surface area contributed by atoms with Crippen molar-refractivity contribution in [1.29, 1.82) is 0 Å². The van der Waals surface area contributed by atoms with E-state index in [1.54, 1.807) is 13.8 Å². The minimum absolute atomic E-state index is 0.185. The third-order valence-electron chi connectivity index (χ3n) is 4.09. The van der Waals surface area contributed by atoms with Gasteiger partial charge in [0.1, 0.15) is 5.54 Å². The van der Waals surface area contributed by atoms with E-state index < -0.39 is 11.5 Å². The van der Waals surface area contributed by atoms with Gasteiger partial charge in [0, 0.05) is 5.54 Å². The highest BCUT2D eigenvalue weighted by Gasteiger charge is 2.38. The fourth-order valence-corrected chi connectivity index (χ4v) is 2.59. The number of amides is 2. The molecule has 1 saturated carbocycles. The molecule has 1 aliphatic carbocycles. The van der Waals surface area contributed by atoms with Crippen molar-refractivity contribution in [1.82, 2.24) is 10.6 Å². The highest BCUT2D eigenvalue weighted by atomic mass is 16.4. The number of urea groups is 1. The molecule has 0 atom stereocenters. The summed E-state index contributed by atoms with van der Waals surface area (Å²) in [5.41, 5.74) is -1.34. The molecule has 0 spiro atoms. The lowest BCUT2D eigenvalue weighted by Crippen LogP contribution is -2.59. The van der Waals surface area contributed by atoms with Gasteiger partial charge in [0.15, 0.2) is 0 Å². The zero-order valence-electron chi connectivity index (χ0n) is 11.5. The average molecular weight is 256 g/mol. The first-order valence-electron chi connectivity index (χ1n) is 6.71. The lowest BCUT2D eigenvalue weighted by atomic mass is 9.93. The SMILES string of the molecule is CCC(CC)(NC(=O)NC1(C)CCCC1)C(=O)O. The largest absolute Gasteiger partial charge is 0.480 e. The van der Waals surface area contributed by atoms with Gasteiger partial charge in [-0.1, -0.05) is 26.7 Å². The number of hydrogen-bond acceptors (Lipinski definition) is 2. The molecule has 5 nitrogen and oxygen atoms in total. The Labute approximate surface area is 108 Å². The maximum Gasteiger partial charge on any atom is 0.329 e. The second kappa shape index (κ2) is 5.59. The van der Waals surface area contributed by atoms with Crippen LogP contribution >= 0.6 is 0 Å². The molecule has 0 unspecified atom stereocenters. The minimum Gasteiger partial charge on any atom is -0.480 e. The fraction of sp³-hybridized carbons (Fsp3) is 0.846. The van der Waals surface area contributed by atoms with Gasteiger partial charge in [-0.05, 0) is 32.6 Å². The molecule has 0 bridgehead atoms. The second-order valence-electron chi connectivity index (χ2n) is 5.44. The Morgan fingerprint density at radius 1 is 1.22 bits per heavy atom. The molecule has 1 rings (SSSR count). The summed E-state index contributed by atoms with van der Waals surface area (Å²) in [7, 11) is 0. The van der Waals surface area contributed by atoms with E-state index in [1.165, 1.54) is 0 Å². The zero-order valence-corrected chi connectivity index (χ0v) is 11.5. The van der Waals surface area contributed by atoms with E-state index in [0.717, 1.165) is 25.7 Å². The predicted octanol–water partition coefficient (Wildman–Crippen LogP) is 2.26. The Morgan fingerprint density at radius 3 is 2.11 bits per heavy atom. The van der Waals surface area contributed by atoms with Gasteiger partial charge in [0.25, 0.3) is 0 Å². The molecule has 0 heterocycles. The van der Waals surface area contributed by atoms with E-state index in [4.69, 9.17) is 0 Å². The topological polar surface area (TPSA) is 78.4 Å². The summed E-state index contributed by atoms with van der Waals surface area (Å²) in [5.74, 6) is -0.973. The van der Waals surface area contributed by atoms with Crippen molar-refractivity contribution in [3.63, 3.8) is 0 Å². The summed E-state index contributed by atoms with van der Waals surface area (Å²) in [6, 6.07) is -0.370. The van der Waals surface area contributed by atoms with Gasteiger partial charge in [0.2, 0.25) is 0 Å². The van der Waals surface area contributed by atoms with Gasteiger partial charge in [0.05, 0.1) is 0 Å². The smallest absolute Gasteiger partial charge is 0.329 e. The van der Waals surface area contributed by atoms with E-state index in [1.807, 2.05) is 6.92 Å². The van der Waals surface area contributed by atoms with E-state index in [0.29, 0.717) is 12.8 Å². The molecule has 104 valence electrons. The first-order chi connectivity index (χ1) is 8.37. The lowest BCUT2D eigenvalue weighted by molar-refractivity contribution is -0.144. The summed E-state index contributed by atoms with van der Waals surface area (Å²) in [6.07, 6.45) is 4.90. The standard InChI is InChI=1S/C13H24N2O3/c1-4-13(5-2,10(16)17)15-11(18)14-12(3)8-6-7-9-12/h4-9H2,1-3H3,(H,16,17)(H2,14,15,18). The third kappa shape index (κ3) is 3.15. The first-order valence-corrected chi connectivity index (χ1v) is 6.71. The molecular formula is C13H24N2O3. The maximum atomic E-state index is 12.0. The maximum absolute atomic E-state index is 12.0. The van der Waals surface area contributed by atoms with Crippen molar-refractivity contribution >= 4 is 12.0 Å². The molecule has 18 heavy (non-hydrogen) atoms. The molecular weight excluding hydrogens is 232 g/mol. The number of carboxylic acids is 1. The monoisotopic (exact) mass is 256 g/mol. The number of carbonyl (C=O) groups is 2. The molecule has 1 fully saturated rings. The molecule has 1 aliphatic rings. The predicted molar refractivity (Wildman–Crippen MR) is 69.5 cm³/mol. The molecule has 0 aromatic carbocycles. The lowest BCUT2D eigenvalue weighted by Gasteiger charge is -2.31. The van der Waals surface area contributed by atoms with Crippen molar-refractivity contribution in [2.75, 3.05) is 0 Å². The van der Waals surface area contributed by atoms with E-state index in [9.17, 15) is 14.7 Å². The number of rotatable bonds is 5. The highest BCUT2D eigenvalue weighted by molar-refractivity contribution is 5.86. The third-order valence-corrected chi connectivity index (χ3v) is 4.09. The van der Waals surface area contributed by atoms with Crippen molar-refractivity contribution in [2.24, 2.45) is 0 Å². The summed E-state index contributed by atoms with van der Waals surface area (Å²) in [4.78, 5) is 23.3. The Kier molecular flexibility index (Phi) is 4.59. The molecule has 2 amide bonds. The Balaban J connectivity index is 2.64. The molecule has 0 radical (unpaired) electrons. The van der Waals surface area contributed by atoms with Crippen LogP contribution in [0.1, 0.15) is 59.3 Å². The average Bonchev–Trinajstić information content (AvgIpc) is 2.72. The molecule has 5 heteroatoms. The van der Waals surface area contributed by atoms with Crippen molar-refractivity contribution < 1.29 is 14.7 Å². The van der Waals surface area contributed by atoms with Crippen LogP contribution in [0.2, 0.25) is 0 Å². The normalized spacial score (nSPS) is 18.4. The second-order valence-corrected chi connectivity index (χ2v) is 5.44.